The summed E-state index contributed by atoms with van der Waals surface area (Å²) in [6.07, 6.45) is 0.137. The minimum Gasteiger partial charge on any atom is -0.408 e. The Kier molecular flexibility index (Phi) is 5.36. The number of carbonyl (C=O) groups excluding carboxylic acids is 1. The number of morpholine rings is 1. The van der Waals surface area contributed by atoms with Crippen LogP contribution in [0.1, 0.15) is 6.42 Å². The molecule has 4 rings (SSSR count). The number of aryl methyl sites for hydroxylation is 1. The molecule has 1 aromatic heterocycles. The maximum atomic E-state index is 12.6. The number of nitrogens with one attached hydrogen (secondary N) is 1. The highest BCUT2D eigenvalue weighted by Crippen LogP contribution is 2.30. The molecule has 1 N–H and O–H groups in total. The molecule has 0 unspecified atom stereocenters. The molecule has 1 fully saturated rings. The largest absolute Gasteiger partial charge is 0.419 e. The van der Waals surface area contributed by atoms with E-state index in [2.05, 4.69) is 10.2 Å². The SMILES string of the molecule is O=C(CCn1c(=O)oc2ccccc21)Nc1cc(Cl)ccc1N1CCOCC1. The first-order chi connectivity index (χ1) is 13.6. The number of anilines is 2. The van der Waals surface area contributed by atoms with E-state index in [0.717, 1.165) is 18.8 Å². The van der Waals surface area contributed by atoms with Crippen molar-refractivity contribution in [2.24, 2.45) is 0 Å². The van der Waals surface area contributed by atoms with Gasteiger partial charge in [-0.25, -0.2) is 4.79 Å². The first kappa shape index (κ1) is 18.6. The van der Waals surface area contributed by atoms with E-state index in [1.165, 1.54) is 4.57 Å². The molecule has 1 amide bonds. The summed E-state index contributed by atoms with van der Waals surface area (Å²) in [5.41, 5.74) is 2.75. The third kappa shape index (κ3) is 3.90. The molecule has 8 heteroatoms. The molecule has 2 aromatic carbocycles. The third-order valence-electron chi connectivity index (χ3n) is 4.72. The summed E-state index contributed by atoms with van der Waals surface area (Å²) in [5.74, 6) is -0.667. The average molecular weight is 402 g/mol. The van der Waals surface area contributed by atoms with E-state index in [4.69, 9.17) is 20.8 Å². The highest BCUT2D eigenvalue weighted by atomic mass is 35.5. The zero-order valence-corrected chi connectivity index (χ0v) is 15.9. The van der Waals surface area contributed by atoms with E-state index in [-0.39, 0.29) is 18.9 Å². The summed E-state index contributed by atoms with van der Waals surface area (Å²) in [4.78, 5) is 26.8. The second-order valence-corrected chi connectivity index (χ2v) is 6.98. The van der Waals surface area contributed by atoms with Crippen molar-refractivity contribution in [1.29, 1.82) is 0 Å². The Bertz CT molecular complexity index is 1050. The molecular weight excluding hydrogens is 382 g/mol. The van der Waals surface area contributed by atoms with Crippen molar-refractivity contribution in [3.63, 3.8) is 0 Å². The molecule has 1 aliphatic rings. The van der Waals surface area contributed by atoms with Gasteiger partial charge in [-0.2, -0.15) is 0 Å². The number of para-hydroxylation sites is 2. The van der Waals surface area contributed by atoms with Gasteiger partial charge in [0.1, 0.15) is 0 Å². The Morgan fingerprint density at radius 2 is 1.93 bits per heavy atom. The van der Waals surface area contributed by atoms with Gasteiger partial charge >= 0.3 is 5.76 Å². The van der Waals surface area contributed by atoms with E-state index < -0.39 is 5.76 Å². The summed E-state index contributed by atoms with van der Waals surface area (Å²) in [6.45, 7) is 3.02. The van der Waals surface area contributed by atoms with Gasteiger partial charge in [-0.1, -0.05) is 23.7 Å². The van der Waals surface area contributed by atoms with Crippen LogP contribution in [0.4, 0.5) is 11.4 Å². The zero-order valence-electron chi connectivity index (χ0n) is 15.2. The van der Waals surface area contributed by atoms with Crippen molar-refractivity contribution >= 4 is 40.0 Å². The zero-order chi connectivity index (χ0) is 19.5. The normalized spacial score (nSPS) is 14.4. The maximum absolute atomic E-state index is 12.6. The molecular formula is C20H20ClN3O4. The fourth-order valence-corrected chi connectivity index (χ4v) is 3.51. The summed E-state index contributed by atoms with van der Waals surface area (Å²) < 4.78 is 12.1. The van der Waals surface area contributed by atoms with Crippen molar-refractivity contribution in [1.82, 2.24) is 4.57 Å². The van der Waals surface area contributed by atoms with Gasteiger partial charge < -0.3 is 19.4 Å². The van der Waals surface area contributed by atoms with Gasteiger partial charge in [0, 0.05) is 31.1 Å². The van der Waals surface area contributed by atoms with Gasteiger partial charge in [0.2, 0.25) is 5.91 Å². The van der Waals surface area contributed by atoms with Crippen molar-refractivity contribution in [3.05, 3.63) is 58.0 Å². The molecule has 0 saturated carbocycles. The van der Waals surface area contributed by atoms with Gasteiger partial charge in [0.05, 0.1) is 30.1 Å². The first-order valence-electron chi connectivity index (χ1n) is 9.12. The number of nitrogens with zero attached hydrogens (tertiary/aromatic N) is 2. The number of hydrogen-bond donors (Lipinski definition) is 1. The second kappa shape index (κ2) is 8.08. The summed E-state index contributed by atoms with van der Waals surface area (Å²) in [5, 5.41) is 3.47. The number of aromatic nitrogens is 1. The molecule has 7 nitrogen and oxygen atoms in total. The number of benzene rings is 2. The number of oxazole rings is 1. The fraction of sp³-hybridized carbons (Fsp3) is 0.300. The summed E-state index contributed by atoms with van der Waals surface area (Å²) in [7, 11) is 0. The van der Waals surface area contributed by atoms with Crippen LogP contribution in [0.5, 0.6) is 0 Å². The lowest BCUT2D eigenvalue weighted by Crippen LogP contribution is -2.36. The van der Waals surface area contributed by atoms with Crippen LogP contribution in [0.15, 0.2) is 51.7 Å². The lowest BCUT2D eigenvalue weighted by molar-refractivity contribution is -0.116. The lowest BCUT2D eigenvalue weighted by Gasteiger charge is -2.30. The van der Waals surface area contributed by atoms with E-state index in [1.807, 2.05) is 12.1 Å². The van der Waals surface area contributed by atoms with E-state index in [9.17, 15) is 9.59 Å². The third-order valence-corrected chi connectivity index (χ3v) is 4.96. The van der Waals surface area contributed by atoms with E-state index in [0.29, 0.717) is 35.0 Å². The molecule has 146 valence electrons. The number of hydrogen-bond acceptors (Lipinski definition) is 5. The Hall–Kier alpha value is -2.77. The molecule has 0 spiro atoms. The lowest BCUT2D eigenvalue weighted by atomic mass is 10.2. The number of rotatable bonds is 5. The van der Waals surface area contributed by atoms with Crippen LogP contribution < -0.4 is 16.0 Å². The van der Waals surface area contributed by atoms with Crippen LogP contribution in [-0.4, -0.2) is 36.8 Å². The molecule has 2 heterocycles. The standard InChI is InChI=1S/C20H20ClN3O4/c21-14-5-6-16(23-9-11-27-12-10-23)15(13-14)22-19(25)7-8-24-17-3-1-2-4-18(17)28-20(24)26/h1-6,13H,7-12H2,(H,22,25). The predicted octanol–water partition coefficient (Wildman–Crippen LogP) is 3.11. The number of fused-ring (bicyclic) bond motifs is 1. The molecule has 1 saturated heterocycles. The van der Waals surface area contributed by atoms with Gasteiger partial charge in [-0.15, -0.1) is 0 Å². The van der Waals surface area contributed by atoms with E-state index in [1.54, 1.807) is 30.3 Å². The maximum Gasteiger partial charge on any atom is 0.419 e. The molecule has 0 aliphatic carbocycles. The first-order valence-corrected chi connectivity index (χ1v) is 9.50. The Morgan fingerprint density at radius 1 is 1.14 bits per heavy atom. The number of ether oxygens (including phenoxy) is 1. The van der Waals surface area contributed by atoms with Crippen LogP contribution in [0.25, 0.3) is 11.1 Å². The number of carbonyl (C=O) groups is 1. The Morgan fingerprint density at radius 3 is 2.75 bits per heavy atom. The van der Waals surface area contributed by atoms with Crippen LogP contribution in [-0.2, 0) is 16.1 Å². The average Bonchev–Trinajstić information content (AvgIpc) is 3.02. The molecule has 0 bridgehead atoms. The highest BCUT2D eigenvalue weighted by molar-refractivity contribution is 6.31. The second-order valence-electron chi connectivity index (χ2n) is 6.55. The predicted molar refractivity (Wildman–Crippen MR) is 108 cm³/mol. The van der Waals surface area contributed by atoms with Crippen molar-refractivity contribution in [2.45, 2.75) is 13.0 Å². The summed E-state index contributed by atoms with van der Waals surface area (Å²) in [6, 6.07) is 12.6. The Balaban J connectivity index is 1.48. The van der Waals surface area contributed by atoms with Crippen LogP contribution >= 0.6 is 11.6 Å². The minimum absolute atomic E-state index is 0.137. The van der Waals surface area contributed by atoms with Gasteiger partial charge in [0.25, 0.3) is 0 Å². The molecule has 3 aromatic rings. The fourth-order valence-electron chi connectivity index (χ4n) is 3.34. The summed E-state index contributed by atoms with van der Waals surface area (Å²) >= 11 is 6.13. The van der Waals surface area contributed by atoms with Crippen molar-refractivity contribution in [3.8, 4) is 0 Å². The quantitative estimate of drug-likeness (QED) is 0.710. The molecule has 28 heavy (non-hydrogen) atoms. The highest BCUT2D eigenvalue weighted by Gasteiger charge is 2.17. The smallest absolute Gasteiger partial charge is 0.408 e. The van der Waals surface area contributed by atoms with Gasteiger partial charge in [-0.3, -0.25) is 9.36 Å². The van der Waals surface area contributed by atoms with Crippen LogP contribution in [0.2, 0.25) is 5.02 Å². The topological polar surface area (TPSA) is 76.7 Å². The van der Waals surface area contributed by atoms with Crippen molar-refractivity contribution < 1.29 is 13.9 Å². The van der Waals surface area contributed by atoms with Crippen LogP contribution in [0.3, 0.4) is 0 Å². The monoisotopic (exact) mass is 401 g/mol. The van der Waals surface area contributed by atoms with Gasteiger partial charge in [-0.05, 0) is 30.3 Å². The molecule has 0 atom stereocenters. The Labute approximate surface area is 166 Å². The number of halogens is 1. The number of amides is 1. The van der Waals surface area contributed by atoms with Gasteiger partial charge in [0.15, 0.2) is 5.58 Å². The van der Waals surface area contributed by atoms with Crippen molar-refractivity contribution in [2.75, 3.05) is 36.5 Å². The molecule has 0 radical (unpaired) electrons. The van der Waals surface area contributed by atoms with E-state index >= 15 is 0 Å². The molecule has 1 aliphatic heterocycles. The minimum atomic E-state index is -0.467. The van der Waals surface area contributed by atoms with Crippen LogP contribution in [0, 0.1) is 0 Å².